The lowest BCUT2D eigenvalue weighted by Crippen LogP contribution is -2.34. The lowest BCUT2D eigenvalue weighted by Gasteiger charge is -2.21. The molecular weight excluding hydrogens is 276 g/mol. The molecule has 4 atom stereocenters. The molecule has 3 fully saturated rings. The quantitative estimate of drug-likeness (QED) is 0.589. The van der Waals surface area contributed by atoms with E-state index in [0.717, 1.165) is 12.8 Å². The van der Waals surface area contributed by atoms with Crippen molar-refractivity contribution in [3.8, 4) is 6.07 Å². The maximum atomic E-state index is 12.9. The van der Waals surface area contributed by atoms with Crippen molar-refractivity contribution in [3.05, 3.63) is 42.0 Å². The summed E-state index contributed by atoms with van der Waals surface area (Å²) in [5.74, 6) is 0.0663. The van der Waals surface area contributed by atoms with Crippen LogP contribution in [0.25, 0.3) is 0 Å². The number of carbonyl (C=O) groups excluding carboxylic acids is 2. The number of anilines is 1. The van der Waals surface area contributed by atoms with E-state index in [2.05, 4.69) is 18.2 Å². The van der Waals surface area contributed by atoms with Crippen molar-refractivity contribution in [2.45, 2.75) is 12.8 Å². The number of hydrogen-bond acceptors (Lipinski definition) is 3. The molecular formula is C18H14N2O2. The number of allylic oxidation sites excluding steroid dienone is 2. The normalized spacial score (nSPS) is 36.0. The van der Waals surface area contributed by atoms with E-state index < -0.39 is 0 Å². The Bertz CT molecular complexity index is 748. The summed E-state index contributed by atoms with van der Waals surface area (Å²) >= 11 is 0. The first-order chi connectivity index (χ1) is 10.7. The minimum atomic E-state index is -0.166. The van der Waals surface area contributed by atoms with E-state index in [1.54, 1.807) is 24.3 Å². The summed E-state index contributed by atoms with van der Waals surface area (Å²) in [6, 6.07) is 8.74. The fourth-order valence-electron chi connectivity index (χ4n) is 5.02. The lowest BCUT2D eigenvalue weighted by atomic mass is 9.85. The van der Waals surface area contributed by atoms with Gasteiger partial charge in [0.2, 0.25) is 11.8 Å². The topological polar surface area (TPSA) is 61.2 Å². The number of rotatable bonds is 1. The molecule has 1 aromatic rings. The molecule has 0 radical (unpaired) electrons. The number of imide groups is 1. The fraction of sp³-hybridized carbons (Fsp3) is 0.389. The fourth-order valence-corrected chi connectivity index (χ4v) is 5.02. The third-order valence-corrected chi connectivity index (χ3v) is 6.11. The van der Waals surface area contributed by atoms with Gasteiger partial charge in [0.05, 0.1) is 29.2 Å². The molecule has 0 N–H and O–H groups in total. The molecule has 4 aliphatic rings. The molecule has 2 bridgehead atoms. The summed E-state index contributed by atoms with van der Waals surface area (Å²) in [6.45, 7) is 0. The smallest absolute Gasteiger partial charge is 0.238 e. The summed E-state index contributed by atoms with van der Waals surface area (Å²) < 4.78 is 0. The van der Waals surface area contributed by atoms with E-state index in [0.29, 0.717) is 11.3 Å². The first-order valence-electron chi connectivity index (χ1n) is 7.74. The van der Waals surface area contributed by atoms with Crippen molar-refractivity contribution < 1.29 is 9.59 Å². The van der Waals surface area contributed by atoms with Crippen molar-refractivity contribution in [1.29, 1.82) is 5.26 Å². The Hall–Kier alpha value is -2.41. The van der Waals surface area contributed by atoms with E-state index in [1.807, 2.05) is 0 Å². The average Bonchev–Trinajstić information content (AvgIpc) is 3.13. The van der Waals surface area contributed by atoms with Crippen LogP contribution in [-0.4, -0.2) is 11.8 Å². The lowest BCUT2D eigenvalue weighted by molar-refractivity contribution is -0.123. The van der Waals surface area contributed by atoms with Gasteiger partial charge in [-0.25, -0.2) is 0 Å². The Kier molecular flexibility index (Phi) is 2.03. The number of hydrogen-bond donors (Lipinski definition) is 0. The number of amides is 2. The third-order valence-electron chi connectivity index (χ3n) is 6.11. The molecule has 2 amide bonds. The second kappa shape index (κ2) is 3.67. The molecule has 4 heteroatoms. The number of nitriles is 1. The van der Waals surface area contributed by atoms with E-state index in [-0.39, 0.29) is 40.9 Å². The van der Waals surface area contributed by atoms with Gasteiger partial charge in [0.15, 0.2) is 0 Å². The molecule has 1 saturated heterocycles. The molecule has 4 nitrogen and oxygen atoms in total. The summed E-state index contributed by atoms with van der Waals surface area (Å²) in [7, 11) is 0. The van der Waals surface area contributed by atoms with Crippen molar-refractivity contribution >= 4 is 17.5 Å². The third kappa shape index (κ3) is 1.20. The first kappa shape index (κ1) is 12.2. The largest absolute Gasteiger partial charge is 0.274 e. The van der Waals surface area contributed by atoms with Crippen molar-refractivity contribution in [1.82, 2.24) is 0 Å². The minimum absolute atomic E-state index is 0.0529. The van der Waals surface area contributed by atoms with Gasteiger partial charge in [0.1, 0.15) is 0 Å². The van der Waals surface area contributed by atoms with Gasteiger partial charge in [-0.3, -0.25) is 14.5 Å². The molecule has 1 spiro atoms. The van der Waals surface area contributed by atoms with E-state index in [9.17, 15) is 9.59 Å². The summed E-state index contributed by atoms with van der Waals surface area (Å²) in [4.78, 5) is 27.1. The zero-order valence-electron chi connectivity index (χ0n) is 11.9. The van der Waals surface area contributed by atoms with Gasteiger partial charge < -0.3 is 0 Å². The van der Waals surface area contributed by atoms with Crippen LogP contribution in [-0.2, 0) is 9.59 Å². The van der Waals surface area contributed by atoms with Crippen molar-refractivity contribution in [3.63, 3.8) is 0 Å². The second-order valence-electron chi connectivity index (χ2n) is 6.89. The zero-order chi connectivity index (χ0) is 15.1. The molecule has 1 aliphatic heterocycles. The van der Waals surface area contributed by atoms with Crippen LogP contribution in [0.5, 0.6) is 0 Å². The molecule has 5 rings (SSSR count). The van der Waals surface area contributed by atoms with Gasteiger partial charge in [-0.05, 0) is 54.4 Å². The highest BCUT2D eigenvalue weighted by atomic mass is 16.2. The second-order valence-corrected chi connectivity index (χ2v) is 6.89. The molecule has 0 unspecified atom stereocenters. The van der Waals surface area contributed by atoms with Crippen LogP contribution in [0.1, 0.15) is 18.4 Å². The van der Waals surface area contributed by atoms with Gasteiger partial charge in [-0.15, -0.1) is 0 Å². The van der Waals surface area contributed by atoms with Crippen LogP contribution in [0, 0.1) is 40.4 Å². The highest BCUT2D eigenvalue weighted by Gasteiger charge is 2.73. The van der Waals surface area contributed by atoms with Crippen LogP contribution in [0.15, 0.2) is 36.4 Å². The summed E-state index contributed by atoms with van der Waals surface area (Å²) in [5.41, 5.74) is 1.35. The molecule has 1 heterocycles. The highest BCUT2D eigenvalue weighted by Crippen LogP contribution is 2.73. The van der Waals surface area contributed by atoms with Gasteiger partial charge in [0.25, 0.3) is 0 Å². The first-order valence-corrected chi connectivity index (χ1v) is 7.74. The van der Waals surface area contributed by atoms with Crippen LogP contribution in [0.2, 0.25) is 0 Å². The van der Waals surface area contributed by atoms with Gasteiger partial charge >= 0.3 is 0 Å². The predicted octanol–water partition coefficient (Wildman–Crippen LogP) is 2.26. The van der Waals surface area contributed by atoms with E-state index in [4.69, 9.17) is 5.26 Å². The molecule has 1 aromatic carbocycles. The van der Waals surface area contributed by atoms with Crippen molar-refractivity contribution in [2.24, 2.45) is 29.1 Å². The molecule has 2 saturated carbocycles. The zero-order valence-corrected chi connectivity index (χ0v) is 11.9. The van der Waals surface area contributed by atoms with Crippen LogP contribution < -0.4 is 4.90 Å². The molecule has 0 aromatic heterocycles. The van der Waals surface area contributed by atoms with Gasteiger partial charge in [0, 0.05) is 0 Å². The van der Waals surface area contributed by atoms with Gasteiger partial charge in [-0.1, -0.05) is 12.2 Å². The Labute approximate surface area is 128 Å². The van der Waals surface area contributed by atoms with E-state index >= 15 is 0 Å². The van der Waals surface area contributed by atoms with E-state index in [1.165, 1.54) is 4.90 Å². The van der Waals surface area contributed by atoms with Crippen LogP contribution in [0.3, 0.4) is 0 Å². The number of carbonyl (C=O) groups is 2. The monoisotopic (exact) mass is 290 g/mol. The van der Waals surface area contributed by atoms with Crippen LogP contribution in [0.4, 0.5) is 5.69 Å². The minimum Gasteiger partial charge on any atom is -0.274 e. The number of nitrogens with zero attached hydrogens (tertiary/aromatic N) is 2. The predicted molar refractivity (Wildman–Crippen MR) is 78.4 cm³/mol. The molecule has 3 aliphatic carbocycles. The molecule has 108 valence electrons. The van der Waals surface area contributed by atoms with Crippen molar-refractivity contribution in [2.75, 3.05) is 4.90 Å². The maximum Gasteiger partial charge on any atom is 0.238 e. The highest BCUT2D eigenvalue weighted by molar-refractivity contribution is 6.23. The molecule has 22 heavy (non-hydrogen) atoms. The number of benzene rings is 1. The maximum absolute atomic E-state index is 12.9. The SMILES string of the molecule is N#Cc1ccc(N2C(=O)[C@@H]3[C@@H](C2=O)[C@@H]2C=C[C@@H]3C23CC3)cc1. The Morgan fingerprint density at radius 3 is 2.00 bits per heavy atom. The Morgan fingerprint density at radius 2 is 1.55 bits per heavy atom. The van der Waals surface area contributed by atoms with Gasteiger partial charge in [-0.2, -0.15) is 5.26 Å². The summed E-state index contributed by atoms with van der Waals surface area (Å²) in [5, 5.41) is 8.87. The Balaban J connectivity index is 1.55. The summed E-state index contributed by atoms with van der Waals surface area (Å²) in [6.07, 6.45) is 6.65. The standard InChI is InChI=1S/C18H14N2O2/c19-9-10-1-3-11(4-2-10)20-16(21)14-12-5-6-13(15(14)17(20)22)18(12)7-8-18/h1-6,12-15H,7-8H2/t12-,13-,14-,15-/m0/s1. The Morgan fingerprint density at radius 1 is 1.00 bits per heavy atom. The number of fused-ring (bicyclic) bond motifs is 3. The average molecular weight is 290 g/mol. The van der Waals surface area contributed by atoms with Crippen LogP contribution >= 0.6 is 0 Å².